The predicted octanol–water partition coefficient (Wildman–Crippen LogP) is 2.76. The van der Waals surface area contributed by atoms with E-state index in [1.165, 1.54) is 0 Å². The van der Waals surface area contributed by atoms with Crippen LogP contribution in [-0.2, 0) is 13.1 Å². The summed E-state index contributed by atoms with van der Waals surface area (Å²) in [5, 5.41) is 5.40. The molecule has 0 bridgehead atoms. The Bertz CT molecular complexity index is 638. The van der Waals surface area contributed by atoms with E-state index in [4.69, 9.17) is 33.5 Å². The molecule has 0 aliphatic carbocycles. The maximum Gasteiger partial charge on any atom is 0.150 e. The van der Waals surface area contributed by atoms with Gasteiger partial charge in [-0.05, 0) is 18.2 Å². The van der Waals surface area contributed by atoms with Crippen molar-refractivity contribution >= 4 is 28.9 Å². The Hall–Kier alpha value is -1.27. The van der Waals surface area contributed by atoms with Crippen LogP contribution < -0.4 is 10.6 Å². The molecule has 0 atom stereocenters. The summed E-state index contributed by atoms with van der Waals surface area (Å²) in [5.74, 6) is 0.724. The van der Waals surface area contributed by atoms with Crippen LogP contribution in [0, 0.1) is 0 Å². The third-order valence-electron chi connectivity index (χ3n) is 3.82. The Morgan fingerprint density at radius 1 is 1.14 bits per heavy atom. The number of halogens is 2. The third-order valence-corrected chi connectivity index (χ3v) is 4.36. The lowest BCUT2D eigenvalue weighted by Gasteiger charge is -2.36. The zero-order chi connectivity index (χ0) is 15.5. The molecule has 0 saturated carbocycles. The Kier molecular flexibility index (Phi) is 4.88. The molecular weight excluding hydrogens is 323 g/mol. The normalized spacial score (nSPS) is 16.2. The highest BCUT2D eigenvalue weighted by molar-refractivity contribution is 6.36. The molecule has 1 aromatic heterocycles. The second-order valence-electron chi connectivity index (χ2n) is 5.35. The molecule has 0 spiro atoms. The van der Waals surface area contributed by atoms with Crippen LogP contribution >= 0.6 is 23.2 Å². The highest BCUT2D eigenvalue weighted by Crippen LogP contribution is 2.29. The molecule has 0 radical (unpaired) electrons. The molecule has 1 fully saturated rings. The van der Waals surface area contributed by atoms with Gasteiger partial charge in [-0.25, -0.2) is 0 Å². The van der Waals surface area contributed by atoms with Crippen LogP contribution in [0.1, 0.15) is 11.5 Å². The summed E-state index contributed by atoms with van der Waals surface area (Å²) in [6, 6.07) is 7.56. The van der Waals surface area contributed by atoms with Crippen molar-refractivity contribution in [2.45, 2.75) is 13.1 Å². The molecular formula is C15H18Cl2N4O. The van der Waals surface area contributed by atoms with Gasteiger partial charge in [0.1, 0.15) is 0 Å². The van der Waals surface area contributed by atoms with E-state index < -0.39 is 0 Å². The highest BCUT2D eigenvalue weighted by Gasteiger charge is 2.20. The molecule has 5 nitrogen and oxygen atoms in total. The van der Waals surface area contributed by atoms with Crippen LogP contribution in [0.3, 0.4) is 0 Å². The molecule has 0 unspecified atom stereocenters. The minimum absolute atomic E-state index is 0.385. The zero-order valence-electron chi connectivity index (χ0n) is 12.1. The number of nitrogens with zero attached hydrogens (tertiary/aromatic N) is 3. The van der Waals surface area contributed by atoms with E-state index in [2.05, 4.69) is 15.0 Å². The number of piperazine rings is 1. The van der Waals surface area contributed by atoms with Crippen LogP contribution in [0.2, 0.25) is 10.0 Å². The van der Waals surface area contributed by atoms with Crippen LogP contribution in [0.25, 0.3) is 0 Å². The van der Waals surface area contributed by atoms with E-state index in [9.17, 15) is 0 Å². The summed E-state index contributed by atoms with van der Waals surface area (Å²) in [6.45, 7) is 4.90. The van der Waals surface area contributed by atoms with Crippen molar-refractivity contribution in [2.24, 2.45) is 5.73 Å². The lowest BCUT2D eigenvalue weighted by atomic mass is 10.2. The molecule has 118 valence electrons. The first-order chi connectivity index (χ1) is 10.7. The van der Waals surface area contributed by atoms with Crippen molar-refractivity contribution in [2.75, 3.05) is 31.1 Å². The summed E-state index contributed by atoms with van der Waals surface area (Å²) in [7, 11) is 0. The monoisotopic (exact) mass is 340 g/mol. The topological polar surface area (TPSA) is 58.5 Å². The molecule has 1 saturated heterocycles. The van der Waals surface area contributed by atoms with E-state index >= 15 is 0 Å². The highest BCUT2D eigenvalue weighted by atomic mass is 35.5. The van der Waals surface area contributed by atoms with Gasteiger partial charge in [-0.15, -0.1) is 0 Å². The maximum absolute atomic E-state index is 6.27. The van der Waals surface area contributed by atoms with E-state index in [-0.39, 0.29) is 0 Å². The number of benzene rings is 1. The molecule has 2 aromatic rings. The fraction of sp³-hybridized carbons (Fsp3) is 0.400. The second kappa shape index (κ2) is 6.87. The Morgan fingerprint density at radius 3 is 2.55 bits per heavy atom. The first-order valence-corrected chi connectivity index (χ1v) is 7.98. The minimum atomic E-state index is 0.385. The second-order valence-corrected chi connectivity index (χ2v) is 6.19. The van der Waals surface area contributed by atoms with Crippen LogP contribution in [0.5, 0.6) is 0 Å². The van der Waals surface area contributed by atoms with Gasteiger partial charge in [0.25, 0.3) is 0 Å². The van der Waals surface area contributed by atoms with Crippen molar-refractivity contribution in [3.63, 3.8) is 0 Å². The Labute approximate surface area is 139 Å². The average Bonchev–Trinajstić information content (AvgIpc) is 2.96. The third kappa shape index (κ3) is 3.55. The van der Waals surface area contributed by atoms with Crippen LogP contribution in [0.15, 0.2) is 28.8 Å². The number of anilines is 1. The maximum atomic E-state index is 6.27. The summed E-state index contributed by atoms with van der Waals surface area (Å²) in [6.07, 6.45) is 0. The number of hydrogen-bond acceptors (Lipinski definition) is 5. The summed E-state index contributed by atoms with van der Waals surface area (Å²) in [4.78, 5) is 4.63. The lowest BCUT2D eigenvalue weighted by molar-refractivity contribution is 0.241. The SMILES string of the molecule is NCc1cc(CN2CCN(c3ccc(Cl)cc3Cl)CC2)no1. The van der Waals surface area contributed by atoms with Crippen LogP contribution in [0.4, 0.5) is 5.69 Å². The van der Waals surface area contributed by atoms with E-state index in [0.717, 1.165) is 49.9 Å². The molecule has 0 amide bonds. The number of aromatic nitrogens is 1. The van der Waals surface area contributed by atoms with E-state index in [1.807, 2.05) is 18.2 Å². The fourth-order valence-corrected chi connectivity index (χ4v) is 3.17. The van der Waals surface area contributed by atoms with Gasteiger partial charge >= 0.3 is 0 Å². The largest absolute Gasteiger partial charge is 0.368 e. The summed E-state index contributed by atoms with van der Waals surface area (Å²) < 4.78 is 5.13. The predicted molar refractivity (Wildman–Crippen MR) is 88.3 cm³/mol. The molecule has 22 heavy (non-hydrogen) atoms. The van der Waals surface area contributed by atoms with Gasteiger partial charge in [0.15, 0.2) is 5.76 Å². The smallest absolute Gasteiger partial charge is 0.150 e. The molecule has 2 N–H and O–H groups in total. The quantitative estimate of drug-likeness (QED) is 0.927. The first-order valence-electron chi connectivity index (χ1n) is 7.22. The molecule has 3 rings (SSSR count). The molecule has 1 aliphatic rings. The minimum Gasteiger partial charge on any atom is -0.368 e. The number of hydrogen-bond donors (Lipinski definition) is 1. The Balaban J connectivity index is 1.58. The van der Waals surface area contributed by atoms with Gasteiger partial charge in [-0.3, -0.25) is 4.90 Å². The van der Waals surface area contributed by atoms with Gasteiger partial charge in [0, 0.05) is 43.8 Å². The standard InChI is InChI=1S/C15H18Cl2N4O/c16-11-1-2-15(14(17)7-11)21-5-3-20(4-6-21)10-12-8-13(9-18)22-19-12/h1-2,7-8H,3-6,9-10,18H2. The fourth-order valence-electron chi connectivity index (χ4n) is 2.64. The number of nitrogens with two attached hydrogens (primary N) is 1. The van der Waals surface area contributed by atoms with Crippen molar-refractivity contribution in [3.8, 4) is 0 Å². The van der Waals surface area contributed by atoms with Crippen molar-refractivity contribution < 1.29 is 4.52 Å². The molecule has 1 aliphatic heterocycles. The zero-order valence-corrected chi connectivity index (χ0v) is 13.6. The van der Waals surface area contributed by atoms with Gasteiger partial charge in [0.2, 0.25) is 0 Å². The Morgan fingerprint density at radius 2 is 1.91 bits per heavy atom. The summed E-state index contributed by atoms with van der Waals surface area (Å²) in [5.41, 5.74) is 7.50. The van der Waals surface area contributed by atoms with Gasteiger partial charge in [-0.1, -0.05) is 28.4 Å². The lowest BCUT2D eigenvalue weighted by Crippen LogP contribution is -2.46. The van der Waals surface area contributed by atoms with Crippen molar-refractivity contribution in [3.05, 3.63) is 45.8 Å². The van der Waals surface area contributed by atoms with Gasteiger partial charge < -0.3 is 15.2 Å². The molecule has 7 heteroatoms. The van der Waals surface area contributed by atoms with Crippen molar-refractivity contribution in [1.82, 2.24) is 10.1 Å². The van der Waals surface area contributed by atoms with Gasteiger partial charge in [-0.2, -0.15) is 0 Å². The first kappa shape index (κ1) is 15.6. The van der Waals surface area contributed by atoms with Crippen LogP contribution in [-0.4, -0.2) is 36.2 Å². The average molecular weight is 341 g/mol. The summed E-state index contributed by atoms with van der Waals surface area (Å²) >= 11 is 12.2. The molecule has 2 heterocycles. The van der Waals surface area contributed by atoms with E-state index in [0.29, 0.717) is 16.6 Å². The van der Waals surface area contributed by atoms with Gasteiger partial charge in [0.05, 0.1) is 22.9 Å². The van der Waals surface area contributed by atoms with E-state index in [1.54, 1.807) is 6.07 Å². The number of rotatable bonds is 4. The van der Waals surface area contributed by atoms with Crippen molar-refractivity contribution in [1.29, 1.82) is 0 Å². The molecule has 1 aromatic carbocycles.